The molecule has 0 radical (unpaired) electrons. The van der Waals surface area contributed by atoms with Crippen molar-refractivity contribution in [3.63, 3.8) is 0 Å². The molecule has 4 N–H and O–H groups in total. The molecule has 1 atom stereocenters. The van der Waals surface area contributed by atoms with Crippen molar-refractivity contribution < 1.29 is 4.79 Å². The molecule has 0 bridgehead atoms. The van der Waals surface area contributed by atoms with Crippen LogP contribution in [0, 0.1) is 0 Å². The predicted molar refractivity (Wildman–Crippen MR) is 50.6 cm³/mol. The Balaban J connectivity index is 2.68. The van der Waals surface area contributed by atoms with Crippen molar-refractivity contribution in [2.75, 3.05) is 7.05 Å². The first kappa shape index (κ1) is 9.70. The third kappa shape index (κ3) is 2.54. The summed E-state index contributed by atoms with van der Waals surface area (Å²) in [5, 5.41) is 0. The molecule has 0 saturated carbocycles. The second-order valence-electron chi connectivity index (χ2n) is 2.63. The zero-order valence-electron chi connectivity index (χ0n) is 7.45. The van der Waals surface area contributed by atoms with Gasteiger partial charge in [0.15, 0.2) is 0 Å². The highest BCUT2D eigenvalue weighted by Gasteiger charge is 2.13. The maximum absolute atomic E-state index is 11.2. The van der Waals surface area contributed by atoms with Gasteiger partial charge in [-0.15, -0.1) is 0 Å². The fourth-order valence-electron chi connectivity index (χ4n) is 1.01. The van der Waals surface area contributed by atoms with Gasteiger partial charge in [-0.1, -0.05) is 30.3 Å². The minimum absolute atomic E-state index is 0.242. The lowest BCUT2D eigenvalue weighted by Gasteiger charge is -2.10. The molecule has 4 nitrogen and oxygen atoms in total. The van der Waals surface area contributed by atoms with E-state index in [9.17, 15) is 4.79 Å². The van der Waals surface area contributed by atoms with Crippen LogP contribution in [0.15, 0.2) is 30.3 Å². The molecular weight excluding hydrogens is 166 g/mol. The first-order valence-corrected chi connectivity index (χ1v) is 4.03. The van der Waals surface area contributed by atoms with E-state index in [-0.39, 0.29) is 5.91 Å². The highest BCUT2D eigenvalue weighted by molar-refractivity contribution is 5.82. The zero-order valence-corrected chi connectivity index (χ0v) is 7.45. The summed E-state index contributed by atoms with van der Waals surface area (Å²) in [7, 11) is 1.62. The Morgan fingerprint density at radius 2 is 2.00 bits per heavy atom. The summed E-state index contributed by atoms with van der Waals surface area (Å²) in [5.74, 6) is -0.242. The Bertz CT molecular complexity index is 273. The third-order valence-electron chi connectivity index (χ3n) is 1.69. The van der Waals surface area contributed by atoms with Gasteiger partial charge in [0, 0.05) is 7.05 Å². The monoisotopic (exact) mass is 179 g/mol. The lowest BCUT2D eigenvalue weighted by atomic mass is 10.1. The minimum atomic E-state index is -0.617. The highest BCUT2D eigenvalue weighted by atomic mass is 16.2. The van der Waals surface area contributed by atoms with Crippen LogP contribution in [-0.4, -0.2) is 13.0 Å². The summed E-state index contributed by atoms with van der Waals surface area (Å²) in [6.45, 7) is 0. The number of hydrogen-bond acceptors (Lipinski definition) is 3. The molecule has 0 saturated heterocycles. The molecule has 0 aromatic heterocycles. The molecule has 1 aromatic rings. The summed E-state index contributed by atoms with van der Waals surface area (Å²) >= 11 is 0. The molecule has 0 spiro atoms. The molecule has 13 heavy (non-hydrogen) atoms. The van der Waals surface area contributed by atoms with Crippen LogP contribution < -0.4 is 16.6 Å². The normalized spacial score (nSPS) is 12.2. The van der Waals surface area contributed by atoms with Crippen molar-refractivity contribution in [3.8, 4) is 0 Å². The number of rotatable bonds is 3. The number of carbonyl (C=O) groups excluding carboxylic acids is 1. The van der Waals surface area contributed by atoms with Gasteiger partial charge in [0.05, 0.1) is 0 Å². The van der Waals surface area contributed by atoms with Crippen LogP contribution in [0.5, 0.6) is 0 Å². The smallest absolute Gasteiger partial charge is 0.255 e. The van der Waals surface area contributed by atoms with Crippen molar-refractivity contribution >= 4 is 5.91 Å². The Labute approximate surface area is 77.1 Å². The highest BCUT2D eigenvalue weighted by Crippen LogP contribution is 2.08. The molecule has 0 heterocycles. The van der Waals surface area contributed by atoms with E-state index in [2.05, 4.69) is 10.9 Å². The summed E-state index contributed by atoms with van der Waals surface area (Å²) in [5.41, 5.74) is 11.4. The molecule has 70 valence electrons. The van der Waals surface area contributed by atoms with E-state index >= 15 is 0 Å². The largest absolute Gasteiger partial charge is 0.316 e. The lowest BCUT2D eigenvalue weighted by Crippen LogP contribution is -2.40. The summed E-state index contributed by atoms with van der Waals surface area (Å²) < 4.78 is 0. The fraction of sp³-hybridized carbons (Fsp3) is 0.222. The number of hydrogen-bond donors (Lipinski definition) is 3. The van der Waals surface area contributed by atoms with E-state index in [0.29, 0.717) is 0 Å². The number of carbonyl (C=O) groups is 1. The van der Waals surface area contributed by atoms with Gasteiger partial charge in [0.2, 0.25) is 0 Å². The molecular formula is C9H13N3O. The van der Waals surface area contributed by atoms with E-state index in [1.807, 2.05) is 30.3 Å². The fourth-order valence-corrected chi connectivity index (χ4v) is 1.01. The van der Waals surface area contributed by atoms with E-state index in [1.54, 1.807) is 7.05 Å². The third-order valence-corrected chi connectivity index (χ3v) is 1.69. The summed E-state index contributed by atoms with van der Waals surface area (Å²) in [6.07, 6.45) is 0. The van der Waals surface area contributed by atoms with Gasteiger partial charge in [0.1, 0.15) is 6.04 Å². The quantitative estimate of drug-likeness (QED) is 0.569. The number of nitrogens with two attached hydrogens (primary N) is 1. The van der Waals surface area contributed by atoms with E-state index in [0.717, 1.165) is 5.56 Å². The van der Waals surface area contributed by atoms with Crippen LogP contribution in [0.3, 0.4) is 0 Å². The van der Waals surface area contributed by atoms with E-state index in [4.69, 9.17) is 5.73 Å². The standard InChI is InChI=1S/C9H13N3O/c1-11-12-9(13)8(10)7-5-3-2-4-6-7/h2-6,8,11H,10H2,1H3,(H,12,13). The lowest BCUT2D eigenvalue weighted by molar-refractivity contribution is -0.123. The molecule has 0 aliphatic heterocycles. The molecule has 1 amide bonds. The van der Waals surface area contributed by atoms with Crippen molar-refractivity contribution in [1.82, 2.24) is 10.9 Å². The van der Waals surface area contributed by atoms with Crippen molar-refractivity contribution in [2.45, 2.75) is 6.04 Å². The predicted octanol–water partition coefficient (Wildman–Crippen LogP) is -0.0630. The molecule has 1 unspecified atom stereocenters. The molecule has 1 aromatic carbocycles. The Morgan fingerprint density at radius 1 is 1.38 bits per heavy atom. The topological polar surface area (TPSA) is 67.1 Å². The van der Waals surface area contributed by atoms with Crippen LogP contribution in [0.1, 0.15) is 11.6 Å². The number of nitrogens with one attached hydrogen (secondary N) is 2. The van der Waals surface area contributed by atoms with Gasteiger partial charge in [-0.05, 0) is 5.56 Å². The van der Waals surface area contributed by atoms with Crippen molar-refractivity contribution in [3.05, 3.63) is 35.9 Å². The second kappa shape index (κ2) is 4.59. The average molecular weight is 179 g/mol. The molecule has 0 fully saturated rings. The van der Waals surface area contributed by atoms with Crippen LogP contribution in [0.2, 0.25) is 0 Å². The maximum Gasteiger partial charge on any atom is 0.255 e. The maximum atomic E-state index is 11.2. The average Bonchev–Trinajstić information content (AvgIpc) is 2.18. The van der Waals surface area contributed by atoms with Gasteiger partial charge in [-0.25, -0.2) is 5.43 Å². The van der Waals surface area contributed by atoms with Crippen molar-refractivity contribution in [2.24, 2.45) is 5.73 Å². The van der Waals surface area contributed by atoms with Crippen molar-refractivity contribution in [1.29, 1.82) is 0 Å². The first-order valence-electron chi connectivity index (χ1n) is 4.03. The number of benzene rings is 1. The van der Waals surface area contributed by atoms with E-state index < -0.39 is 6.04 Å². The summed E-state index contributed by atoms with van der Waals surface area (Å²) in [6, 6.07) is 8.60. The van der Waals surface area contributed by atoms with Crippen LogP contribution >= 0.6 is 0 Å². The molecule has 4 heteroatoms. The number of hydrazine groups is 1. The van der Waals surface area contributed by atoms with Crippen LogP contribution in [-0.2, 0) is 4.79 Å². The van der Waals surface area contributed by atoms with Crippen LogP contribution in [0.25, 0.3) is 0 Å². The van der Waals surface area contributed by atoms with Gasteiger partial charge < -0.3 is 5.73 Å². The second-order valence-corrected chi connectivity index (χ2v) is 2.63. The summed E-state index contributed by atoms with van der Waals surface area (Å²) in [4.78, 5) is 11.2. The minimum Gasteiger partial charge on any atom is -0.316 e. The van der Waals surface area contributed by atoms with Gasteiger partial charge in [0.25, 0.3) is 5.91 Å². The van der Waals surface area contributed by atoms with Gasteiger partial charge in [-0.2, -0.15) is 0 Å². The number of amides is 1. The molecule has 1 rings (SSSR count). The Morgan fingerprint density at radius 3 is 2.54 bits per heavy atom. The zero-order chi connectivity index (χ0) is 9.68. The molecule has 0 aliphatic rings. The van der Waals surface area contributed by atoms with Gasteiger partial charge in [-0.3, -0.25) is 10.2 Å². The molecule has 0 aliphatic carbocycles. The van der Waals surface area contributed by atoms with Crippen LogP contribution in [0.4, 0.5) is 0 Å². The first-order chi connectivity index (χ1) is 6.25. The Kier molecular flexibility index (Phi) is 3.42. The Hall–Kier alpha value is -1.39. The SMILES string of the molecule is CNNC(=O)C(N)c1ccccc1. The van der Waals surface area contributed by atoms with Gasteiger partial charge >= 0.3 is 0 Å². The van der Waals surface area contributed by atoms with E-state index in [1.165, 1.54) is 0 Å².